The van der Waals surface area contributed by atoms with Gasteiger partial charge in [-0.25, -0.2) is 4.79 Å². The Morgan fingerprint density at radius 2 is 1.75 bits per heavy atom. The number of hydrogen-bond acceptors (Lipinski definition) is 2. The minimum Gasteiger partial charge on any atom is -0.478 e. The SMILES string of the molecule is CCN(CC(F)(F)F)C(=O)Cc1ccc(C(=O)O)cc1. The zero-order valence-corrected chi connectivity index (χ0v) is 10.8. The van der Waals surface area contributed by atoms with Crippen LogP contribution in [0.4, 0.5) is 13.2 Å². The molecular formula is C13H14F3NO3. The van der Waals surface area contributed by atoms with Gasteiger partial charge >= 0.3 is 12.1 Å². The molecule has 0 aliphatic rings. The van der Waals surface area contributed by atoms with Gasteiger partial charge < -0.3 is 10.0 Å². The van der Waals surface area contributed by atoms with Crippen molar-refractivity contribution >= 4 is 11.9 Å². The predicted molar refractivity (Wildman–Crippen MR) is 65.4 cm³/mol. The molecule has 0 saturated heterocycles. The van der Waals surface area contributed by atoms with Crippen LogP contribution in [-0.4, -0.2) is 41.1 Å². The van der Waals surface area contributed by atoms with E-state index in [0.29, 0.717) is 10.5 Å². The molecule has 1 amide bonds. The van der Waals surface area contributed by atoms with Crippen LogP contribution in [-0.2, 0) is 11.2 Å². The van der Waals surface area contributed by atoms with Gasteiger partial charge in [0, 0.05) is 6.54 Å². The number of halogens is 3. The highest BCUT2D eigenvalue weighted by Crippen LogP contribution is 2.17. The lowest BCUT2D eigenvalue weighted by atomic mass is 10.1. The third kappa shape index (κ3) is 4.91. The largest absolute Gasteiger partial charge is 0.478 e. The molecule has 110 valence electrons. The summed E-state index contributed by atoms with van der Waals surface area (Å²) in [5.74, 6) is -1.75. The van der Waals surface area contributed by atoms with E-state index in [-0.39, 0.29) is 18.5 Å². The highest BCUT2D eigenvalue weighted by atomic mass is 19.4. The normalized spacial score (nSPS) is 11.2. The molecule has 0 spiro atoms. The smallest absolute Gasteiger partial charge is 0.406 e. The molecule has 0 bridgehead atoms. The first kappa shape index (κ1) is 16.0. The first-order valence-electron chi connectivity index (χ1n) is 5.89. The molecule has 0 heterocycles. The molecule has 0 aliphatic heterocycles. The van der Waals surface area contributed by atoms with E-state index in [4.69, 9.17) is 5.11 Å². The quantitative estimate of drug-likeness (QED) is 0.905. The van der Waals surface area contributed by atoms with Crippen molar-refractivity contribution in [1.29, 1.82) is 0 Å². The Hall–Kier alpha value is -2.05. The van der Waals surface area contributed by atoms with Crippen LogP contribution in [0.15, 0.2) is 24.3 Å². The molecule has 1 aromatic carbocycles. The number of alkyl halides is 3. The molecule has 7 heteroatoms. The number of aromatic carboxylic acids is 1. The van der Waals surface area contributed by atoms with E-state index in [2.05, 4.69) is 0 Å². The third-order valence-electron chi connectivity index (χ3n) is 2.66. The van der Waals surface area contributed by atoms with Crippen molar-refractivity contribution in [2.24, 2.45) is 0 Å². The number of nitrogens with zero attached hydrogens (tertiary/aromatic N) is 1. The average Bonchev–Trinajstić information content (AvgIpc) is 2.35. The molecule has 0 radical (unpaired) electrons. The molecule has 1 rings (SSSR count). The van der Waals surface area contributed by atoms with Gasteiger partial charge in [0.15, 0.2) is 0 Å². The van der Waals surface area contributed by atoms with E-state index in [1.807, 2.05) is 0 Å². The summed E-state index contributed by atoms with van der Waals surface area (Å²) in [5, 5.41) is 8.71. The maximum atomic E-state index is 12.3. The number of carbonyl (C=O) groups excluding carboxylic acids is 1. The minimum absolute atomic E-state index is 0.0362. The highest BCUT2D eigenvalue weighted by molar-refractivity contribution is 5.87. The summed E-state index contributed by atoms with van der Waals surface area (Å²) in [5.41, 5.74) is 0.532. The van der Waals surface area contributed by atoms with Crippen LogP contribution >= 0.6 is 0 Å². The van der Waals surface area contributed by atoms with Gasteiger partial charge in [-0.15, -0.1) is 0 Å². The lowest BCUT2D eigenvalue weighted by Gasteiger charge is -2.22. The van der Waals surface area contributed by atoms with Crippen molar-refractivity contribution in [2.45, 2.75) is 19.5 Å². The number of carboxylic acid groups (broad SMARTS) is 1. The van der Waals surface area contributed by atoms with Crippen LogP contribution in [0.1, 0.15) is 22.8 Å². The number of likely N-dealkylation sites (N-methyl/N-ethyl adjacent to an activating group) is 1. The van der Waals surface area contributed by atoms with Gasteiger partial charge in [0.05, 0.1) is 12.0 Å². The molecule has 1 aromatic rings. The maximum Gasteiger partial charge on any atom is 0.406 e. The Bertz CT molecular complexity index is 483. The van der Waals surface area contributed by atoms with Gasteiger partial charge in [-0.05, 0) is 24.6 Å². The number of rotatable bonds is 5. The molecule has 0 aliphatic carbocycles. The van der Waals surface area contributed by atoms with Gasteiger partial charge in [0.25, 0.3) is 0 Å². The van der Waals surface area contributed by atoms with Gasteiger partial charge in [-0.2, -0.15) is 13.2 Å². The van der Waals surface area contributed by atoms with Crippen molar-refractivity contribution < 1.29 is 27.9 Å². The van der Waals surface area contributed by atoms with E-state index in [1.165, 1.54) is 31.2 Å². The van der Waals surface area contributed by atoms with Crippen LogP contribution in [0.25, 0.3) is 0 Å². The van der Waals surface area contributed by atoms with Crippen LogP contribution in [0, 0.1) is 0 Å². The van der Waals surface area contributed by atoms with Crippen molar-refractivity contribution in [3.63, 3.8) is 0 Å². The molecule has 0 unspecified atom stereocenters. The third-order valence-corrected chi connectivity index (χ3v) is 2.66. The highest BCUT2D eigenvalue weighted by Gasteiger charge is 2.32. The lowest BCUT2D eigenvalue weighted by molar-refractivity contribution is -0.160. The summed E-state index contributed by atoms with van der Waals surface area (Å²) in [7, 11) is 0. The summed E-state index contributed by atoms with van der Waals surface area (Å²) in [6, 6.07) is 5.46. The van der Waals surface area contributed by atoms with Crippen LogP contribution in [0.2, 0.25) is 0 Å². The van der Waals surface area contributed by atoms with Crippen molar-refractivity contribution in [2.75, 3.05) is 13.1 Å². The van der Waals surface area contributed by atoms with Crippen LogP contribution < -0.4 is 0 Å². The summed E-state index contributed by atoms with van der Waals surface area (Å²) >= 11 is 0. The first-order chi connectivity index (χ1) is 9.23. The second-order valence-corrected chi connectivity index (χ2v) is 4.20. The number of hydrogen-bond donors (Lipinski definition) is 1. The van der Waals surface area contributed by atoms with E-state index < -0.39 is 24.6 Å². The van der Waals surface area contributed by atoms with E-state index in [0.717, 1.165) is 0 Å². The van der Waals surface area contributed by atoms with E-state index in [1.54, 1.807) is 0 Å². The van der Waals surface area contributed by atoms with Crippen molar-refractivity contribution in [1.82, 2.24) is 4.90 Å². The standard InChI is InChI=1S/C13H14F3NO3/c1-2-17(8-13(14,15)16)11(18)7-9-3-5-10(6-4-9)12(19)20/h3-6H,2,7-8H2,1H3,(H,19,20). The Morgan fingerprint density at radius 1 is 1.20 bits per heavy atom. The van der Waals surface area contributed by atoms with Crippen LogP contribution in [0.3, 0.4) is 0 Å². The van der Waals surface area contributed by atoms with Gasteiger partial charge in [-0.3, -0.25) is 4.79 Å². The zero-order chi connectivity index (χ0) is 15.3. The predicted octanol–water partition coefficient (Wildman–Crippen LogP) is 2.34. The summed E-state index contributed by atoms with van der Waals surface area (Å²) < 4.78 is 36.8. The van der Waals surface area contributed by atoms with Crippen molar-refractivity contribution in [3.8, 4) is 0 Å². The second kappa shape index (κ2) is 6.40. The topological polar surface area (TPSA) is 57.6 Å². The molecule has 0 fully saturated rings. The number of amides is 1. The maximum absolute atomic E-state index is 12.3. The van der Waals surface area contributed by atoms with Gasteiger partial charge in [0.2, 0.25) is 5.91 Å². The molecule has 20 heavy (non-hydrogen) atoms. The molecule has 4 nitrogen and oxygen atoms in total. The summed E-state index contributed by atoms with van der Waals surface area (Å²) in [4.78, 5) is 23.1. The molecule has 0 saturated carbocycles. The summed E-state index contributed by atoms with van der Waals surface area (Å²) in [6.45, 7) is 0.151. The molecule has 0 atom stereocenters. The van der Waals surface area contributed by atoms with Crippen LogP contribution in [0.5, 0.6) is 0 Å². The Balaban J connectivity index is 2.71. The summed E-state index contributed by atoms with van der Waals surface area (Å²) in [6.07, 6.45) is -4.62. The molecule has 0 aromatic heterocycles. The van der Waals surface area contributed by atoms with Gasteiger partial charge in [0.1, 0.15) is 6.54 Å². The van der Waals surface area contributed by atoms with Gasteiger partial charge in [-0.1, -0.05) is 12.1 Å². The van der Waals surface area contributed by atoms with Crippen molar-refractivity contribution in [3.05, 3.63) is 35.4 Å². The Morgan fingerprint density at radius 3 is 2.15 bits per heavy atom. The monoisotopic (exact) mass is 289 g/mol. The number of benzene rings is 1. The lowest BCUT2D eigenvalue weighted by Crippen LogP contribution is -2.39. The fraction of sp³-hybridized carbons (Fsp3) is 0.385. The first-order valence-corrected chi connectivity index (χ1v) is 5.89. The Labute approximate surface area is 113 Å². The minimum atomic E-state index is -4.43. The van der Waals surface area contributed by atoms with E-state index >= 15 is 0 Å². The molecule has 1 N–H and O–H groups in total. The second-order valence-electron chi connectivity index (χ2n) is 4.20. The number of carboxylic acids is 1. The fourth-order valence-corrected chi connectivity index (χ4v) is 1.64. The molecular weight excluding hydrogens is 275 g/mol. The van der Waals surface area contributed by atoms with E-state index in [9.17, 15) is 22.8 Å². The Kier molecular flexibility index (Phi) is 5.12. The fourth-order valence-electron chi connectivity index (χ4n) is 1.64. The average molecular weight is 289 g/mol. The zero-order valence-electron chi connectivity index (χ0n) is 10.8. The number of carbonyl (C=O) groups is 2.